The Bertz CT molecular complexity index is 725. The van der Waals surface area contributed by atoms with E-state index in [2.05, 4.69) is 5.32 Å². The van der Waals surface area contributed by atoms with E-state index in [1.165, 1.54) is 0 Å². The minimum atomic E-state index is -3.20. The average Bonchev–Trinajstić information content (AvgIpc) is 2.87. The molecule has 0 saturated carbocycles. The second-order valence-electron chi connectivity index (χ2n) is 5.50. The van der Waals surface area contributed by atoms with E-state index in [0.717, 1.165) is 16.7 Å². The lowest BCUT2D eigenvalue weighted by Gasteiger charge is -2.20. The van der Waals surface area contributed by atoms with Crippen molar-refractivity contribution in [2.45, 2.75) is 23.5 Å². The molecule has 1 N–H and O–H groups in total. The van der Waals surface area contributed by atoms with Crippen LogP contribution in [0, 0.1) is 0 Å². The van der Waals surface area contributed by atoms with Gasteiger partial charge in [0.05, 0.1) is 11.0 Å². The molecule has 3 nitrogen and oxygen atoms in total. The summed E-state index contributed by atoms with van der Waals surface area (Å²) < 4.78 is 25.6. The predicted octanol–water partition coefficient (Wildman–Crippen LogP) is 2.49. The Labute approximate surface area is 125 Å². The quantitative estimate of drug-likeness (QED) is 0.944. The van der Waals surface area contributed by atoms with Gasteiger partial charge in [-0.05, 0) is 30.2 Å². The molecule has 110 valence electrons. The molecule has 0 saturated heterocycles. The topological polar surface area (TPSA) is 46.2 Å². The van der Waals surface area contributed by atoms with Gasteiger partial charge in [0.2, 0.25) is 0 Å². The largest absolute Gasteiger partial charge is 0.312 e. The number of rotatable bonds is 4. The van der Waals surface area contributed by atoms with Gasteiger partial charge >= 0.3 is 0 Å². The van der Waals surface area contributed by atoms with Crippen LogP contribution in [0.25, 0.3) is 0 Å². The molecule has 0 radical (unpaired) electrons. The number of hydrogen-bond acceptors (Lipinski definition) is 3. The summed E-state index contributed by atoms with van der Waals surface area (Å²) in [6.07, 6.45) is 0.594. The van der Waals surface area contributed by atoms with E-state index in [-0.39, 0.29) is 17.0 Å². The van der Waals surface area contributed by atoms with Gasteiger partial charge in [0.15, 0.2) is 9.84 Å². The van der Waals surface area contributed by atoms with Crippen LogP contribution in [0.15, 0.2) is 54.6 Å². The van der Waals surface area contributed by atoms with Gasteiger partial charge in [0, 0.05) is 6.04 Å². The highest BCUT2D eigenvalue weighted by Gasteiger charge is 2.39. The van der Waals surface area contributed by atoms with E-state index >= 15 is 0 Å². The lowest BCUT2D eigenvalue weighted by atomic mass is 10.1. The maximum Gasteiger partial charge on any atom is 0.159 e. The van der Waals surface area contributed by atoms with Crippen LogP contribution in [0.5, 0.6) is 0 Å². The molecule has 2 unspecified atom stereocenters. The summed E-state index contributed by atoms with van der Waals surface area (Å²) in [7, 11) is -1.37. The molecular formula is C17H19NO2S. The number of nitrogens with one attached hydrogen (secondary N) is 1. The van der Waals surface area contributed by atoms with Crippen molar-refractivity contribution in [3.05, 3.63) is 71.3 Å². The molecule has 2 aromatic rings. The second-order valence-corrected chi connectivity index (χ2v) is 7.72. The zero-order valence-corrected chi connectivity index (χ0v) is 12.8. The highest BCUT2D eigenvalue weighted by atomic mass is 32.2. The van der Waals surface area contributed by atoms with Crippen LogP contribution in [-0.2, 0) is 22.0 Å². The Morgan fingerprint density at radius 2 is 1.71 bits per heavy atom. The third-order valence-corrected chi connectivity index (χ3v) is 6.26. The van der Waals surface area contributed by atoms with E-state index in [1.807, 2.05) is 61.6 Å². The minimum Gasteiger partial charge on any atom is -0.312 e. The Balaban J connectivity index is 1.90. The summed E-state index contributed by atoms with van der Waals surface area (Å²) in [6.45, 7) is 0. The fraction of sp³-hybridized carbons (Fsp3) is 0.294. The first kappa shape index (κ1) is 14.3. The minimum absolute atomic E-state index is 0.102. The third-order valence-electron chi connectivity index (χ3n) is 4.17. The van der Waals surface area contributed by atoms with Crippen molar-refractivity contribution in [2.24, 2.45) is 0 Å². The molecule has 21 heavy (non-hydrogen) atoms. The number of sulfone groups is 1. The smallest absolute Gasteiger partial charge is 0.159 e. The van der Waals surface area contributed by atoms with Gasteiger partial charge < -0.3 is 5.32 Å². The van der Waals surface area contributed by atoms with Crippen molar-refractivity contribution in [3.8, 4) is 0 Å². The van der Waals surface area contributed by atoms with Gasteiger partial charge in [0.1, 0.15) is 0 Å². The molecule has 0 spiro atoms. The van der Waals surface area contributed by atoms with Crippen LogP contribution in [0.2, 0.25) is 0 Å². The maximum absolute atomic E-state index is 12.8. The first-order valence-electron chi connectivity index (χ1n) is 7.12. The van der Waals surface area contributed by atoms with Gasteiger partial charge in [0.25, 0.3) is 0 Å². The molecule has 0 aliphatic heterocycles. The van der Waals surface area contributed by atoms with E-state index in [4.69, 9.17) is 0 Å². The number of hydrogen-bond donors (Lipinski definition) is 1. The SMILES string of the molecule is CNC1c2ccccc2CC1S(=O)(=O)Cc1ccccc1. The highest BCUT2D eigenvalue weighted by molar-refractivity contribution is 7.91. The molecule has 0 bridgehead atoms. The van der Waals surface area contributed by atoms with Crippen LogP contribution in [-0.4, -0.2) is 20.7 Å². The molecule has 0 fully saturated rings. The lowest BCUT2D eigenvalue weighted by Crippen LogP contribution is -2.33. The Kier molecular flexibility index (Phi) is 3.83. The Morgan fingerprint density at radius 3 is 2.43 bits per heavy atom. The second kappa shape index (κ2) is 5.62. The molecule has 2 aromatic carbocycles. The molecule has 3 rings (SSSR count). The van der Waals surface area contributed by atoms with Crippen molar-refractivity contribution in [1.82, 2.24) is 5.32 Å². The molecule has 1 aliphatic rings. The van der Waals surface area contributed by atoms with Gasteiger partial charge in [-0.15, -0.1) is 0 Å². The van der Waals surface area contributed by atoms with E-state index < -0.39 is 9.84 Å². The van der Waals surface area contributed by atoms with Crippen LogP contribution in [0.4, 0.5) is 0 Å². The van der Waals surface area contributed by atoms with Crippen molar-refractivity contribution < 1.29 is 8.42 Å². The zero-order chi connectivity index (χ0) is 14.9. The first-order chi connectivity index (χ1) is 10.1. The summed E-state index contributed by atoms with van der Waals surface area (Å²) in [5.74, 6) is 0.102. The van der Waals surface area contributed by atoms with Crippen LogP contribution in [0.3, 0.4) is 0 Å². The van der Waals surface area contributed by atoms with E-state index in [1.54, 1.807) is 0 Å². The third kappa shape index (κ3) is 2.74. The van der Waals surface area contributed by atoms with Gasteiger partial charge in [-0.2, -0.15) is 0 Å². The average molecular weight is 301 g/mol. The monoisotopic (exact) mass is 301 g/mol. The fourth-order valence-corrected chi connectivity index (χ4v) is 5.15. The van der Waals surface area contributed by atoms with Gasteiger partial charge in [-0.1, -0.05) is 54.6 Å². The molecule has 2 atom stereocenters. The van der Waals surface area contributed by atoms with Crippen LogP contribution >= 0.6 is 0 Å². The first-order valence-corrected chi connectivity index (χ1v) is 8.84. The van der Waals surface area contributed by atoms with Crippen molar-refractivity contribution in [2.75, 3.05) is 7.05 Å². The molecular weight excluding hydrogens is 282 g/mol. The lowest BCUT2D eigenvalue weighted by molar-refractivity contribution is 0.535. The number of fused-ring (bicyclic) bond motifs is 1. The van der Waals surface area contributed by atoms with Crippen molar-refractivity contribution in [3.63, 3.8) is 0 Å². The Hall–Kier alpha value is -1.65. The highest BCUT2D eigenvalue weighted by Crippen LogP contribution is 2.36. The fourth-order valence-electron chi connectivity index (χ4n) is 3.15. The molecule has 0 aromatic heterocycles. The van der Waals surface area contributed by atoms with Crippen LogP contribution < -0.4 is 5.32 Å². The van der Waals surface area contributed by atoms with Crippen LogP contribution in [0.1, 0.15) is 22.7 Å². The summed E-state index contributed by atoms with van der Waals surface area (Å²) in [6, 6.07) is 17.3. The maximum atomic E-state index is 12.8. The van der Waals surface area contributed by atoms with Gasteiger partial charge in [-0.25, -0.2) is 8.42 Å². The zero-order valence-electron chi connectivity index (χ0n) is 12.0. The molecule has 4 heteroatoms. The number of benzene rings is 2. The summed E-state index contributed by atoms with van der Waals surface area (Å²) in [4.78, 5) is 0. The van der Waals surface area contributed by atoms with Crippen molar-refractivity contribution in [1.29, 1.82) is 0 Å². The standard InChI is InChI=1S/C17H19NO2S/c1-18-17-15-10-6-5-9-14(15)11-16(17)21(19,20)12-13-7-3-2-4-8-13/h2-10,16-18H,11-12H2,1H3. The van der Waals surface area contributed by atoms with E-state index in [0.29, 0.717) is 6.42 Å². The summed E-state index contributed by atoms with van der Waals surface area (Å²) in [5.41, 5.74) is 3.10. The predicted molar refractivity (Wildman–Crippen MR) is 84.8 cm³/mol. The summed E-state index contributed by atoms with van der Waals surface area (Å²) >= 11 is 0. The van der Waals surface area contributed by atoms with E-state index in [9.17, 15) is 8.42 Å². The van der Waals surface area contributed by atoms with Crippen molar-refractivity contribution >= 4 is 9.84 Å². The molecule has 1 aliphatic carbocycles. The van der Waals surface area contributed by atoms with Gasteiger partial charge in [-0.3, -0.25) is 0 Å². The summed E-state index contributed by atoms with van der Waals surface area (Å²) in [5, 5.41) is 2.79. The molecule has 0 heterocycles. The normalized spacial score (nSPS) is 21.2. The molecule has 0 amide bonds. The Morgan fingerprint density at radius 1 is 1.05 bits per heavy atom.